The summed E-state index contributed by atoms with van der Waals surface area (Å²) in [4.78, 5) is 32.7. The van der Waals surface area contributed by atoms with Gasteiger partial charge in [-0.05, 0) is 30.5 Å². The van der Waals surface area contributed by atoms with E-state index in [0.717, 1.165) is 6.42 Å². The molecule has 0 fully saturated rings. The molecule has 0 radical (unpaired) electrons. The molecule has 0 saturated heterocycles. The third-order valence-electron chi connectivity index (χ3n) is 2.78. The number of rotatable bonds is 9. The SMILES string of the molecule is CCCOC(=O)CCCC(=O)OCc1ccc([N+](=O)[O-])cc1. The van der Waals surface area contributed by atoms with Crippen LogP contribution in [0.3, 0.4) is 0 Å². The van der Waals surface area contributed by atoms with Crippen LogP contribution in [0.5, 0.6) is 0 Å². The van der Waals surface area contributed by atoms with Crippen LogP contribution in [0.15, 0.2) is 24.3 Å². The summed E-state index contributed by atoms with van der Waals surface area (Å²) in [5.41, 5.74) is 0.655. The fourth-order valence-corrected chi connectivity index (χ4v) is 1.62. The molecule has 7 heteroatoms. The normalized spacial score (nSPS) is 10.0. The van der Waals surface area contributed by atoms with Crippen molar-refractivity contribution in [2.24, 2.45) is 0 Å². The smallest absolute Gasteiger partial charge is 0.306 e. The highest BCUT2D eigenvalue weighted by atomic mass is 16.6. The third-order valence-corrected chi connectivity index (χ3v) is 2.78. The van der Waals surface area contributed by atoms with Gasteiger partial charge in [-0.3, -0.25) is 19.7 Å². The average Bonchev–Trinajstić information content (AvgIpc) is 2.51. The van der Waals surface area contributed by atoms with E-state index in [2.05, 4.69) is 0 Å². The molecule has 0 aliphatic carbocycles. The van der Waals surface area contributed by atoms with Gasteiger partial charge in [0.05, 0.1) is 11.5 Å². The van der Waals surface area contributed by atoms with E-state index in [9.17, 15) is 19.7 Å². The number of nitro groups is 1. The number of hydrogen-bond acceptors (Lipinski definition) is 6. The Bertz CT molecular complexity index is 511. The maximum atomic E-state index is 11.5. The highest BCUT2D eigenvalue weighted by Gasteiger charge is 2.08. The van der Waals surface area contributed by atoms with Crippen LogP contribution < -0.4 is 0 Å². The van der Waals surface area contributed by atoms with Crippen LogP contribution in [0.1, 0.15) is 38.2 Å². The Kier molecular flexibility index (Phi) is 7.60. The van der Waals surface area contributed by atoms with Gasteiger partial charge in [-0.15, -0.1) is 0 Å². The van der Waals surface area contributed by atoms with Gasteiger partial charge in [0.2, 0.25) is 0 Å². The molecule has 1 aromatic rings. The lowest BCUT2D eigenvalue weighted by Gasteiger charge is -2.05. The minimum Gasteiger partial charge on any atom is -0.466 e. The zero-order valence-electron chi connectivity index (χ0n) is 12.4. The summed E-state index contributed by atoms with van der Waals surface area (Å²) in [5, 5.41) is 10.5. The highest BCUT2D eigenvalue weighted by molar-refractivity contribution is 5.72. The average molecular weight is 309 g/mol. The van der Waals surface area contributed by atoms with Crippen molar-refractivity contribution in [1.82, 2.24) is 0 Å². The topological polar surface area (TPSA) is 95.7 Å². The Morgan fingerprint density at radius 3 is 2.23 bits per heavy atom. The van der Waals surface area contributed by atoms with Crippen molar-refractivity contribution in [2.45, 2.75) is 39.2 Å². The number of non-ortho nitro benzene ring substituents is 1. The summed E-state index contributed by atoms with van der Waals surface area (Å²) in [7, 11) is 0. The maximum absolute atomic E-state index is 11.5. The molecule has 0 N–H and O–H groups in total. The van der Waals surface area contributed by atoms with Gasteiger partial charge >= 0.3 is 11.9 Å². The Hall–Kier alpha value is -2.44. The molecule has 0 heterocycles. The van der Waals surface area contributed by atoms with Crippen LogP contribution in [-0.4, -0.2) is 23.5 Å². The summed E-state index contributed by atoms with van der Waals surface area (Å²) >= 11 is 0. The molecule has 1 aromatic carbocycles. The van der Waals surface area contributed by atoms with Crippen molar-refractivity contribution in [3.63, 3.8) is 0 Å². The molecule has 0 unspecified atom stereocenters. The lowest BCUT2D eigenvalue weighted by atomic mass is 10.2. The molecule has 0 saturated carbocycles. The van der Waals surface area contributed by atoms with E-state index in [4.69, 9.17) is 9.47 Å². The zero-order valence-corrected chi connectivity index (χ0v) is 12.4. The molecular formula is C15H19NO6. The molecule has 120 valence electrons. The Balaban J connectivity index is 2.22. The van der Waals surface area contributed by atoms with E-state index >= 15 is 0 Å². The third kappa shape index (κ3) is 6.83. The van der Waals surface area contributed by atoms with Gasteiger partial charge in [-0.2, -0.15) is 0 Å². The zero-order chi connectivity index (χ0) is 16.4. The van der Waals surface area contributed by atoms with E-state index in [1.807, 2.05) is 6.92 Å². The van der Waals surface area contributed by atoms with Gasteiger partial charge < -0.3 is 9.47 Å². The second kappa shape index (κ2) is 9.49. The predicted octanol–water partition coefficient (Wildman–Crippen LogP) is 2.76. The number of carbonyl (C=O) groups excluding carboxylic acids is 2. The summed E-state index contributed by atoms with van der Waals surface area (Å²) in [6.45, 7) is 2.35. The first kappa shape index (κ1) is 17.6. The largest absolute Gasteiger partial charge is 0.466 e. The number of ether oxygens (including phenoxy) is 2. The fraction of sp³-hybridized carbons (Fsp3) is 0.467. The van der Waals surface area contributed by atoms with E-state index in [-0.39, 0.29) is 31.1 Å². The predicted molar refractivity (Wildman–Crippen MR) is 78.0 cm³/mol. The number of carbonyl (C=O) groups is 2. The molecule has 22 heavy (non-hydrogen) atoms. The summed E-state index contributed by atoms with van der Waals surface area (Å²) in [6.07, 6.45) is 1.46. The summed E-state index contributed by atoms with van der Waals surface area (Å²) < 4.78 is 9.92. The van der Waals surface area contributed by atoms with Crippen LogP contribution in [0.4, 0.5) is 5.69 Å². The molecular weight excluding hydrogens is 290 g/mol. The Morgan fingerprint density at radius 1 is 1.09 bits per heavy atom. The fourth-order valence-electron chi connectivity index (χ4n) is 1.62. The van der Waals surface area contributed by atoms with Crippen LogP contribution in [-0.2, 0) is 25.7 Å². The van der Waals surface area contributed by atoms with Crippen molar-refractivity contribution in [3.05, 3.63) is 39.9 Å². The quantitative estimate of drug-likeness (QED) is 0.395. The van der Waals surface area contributed by atoms with Crippen molar-refractivity contribution in [2.75, 3.05) is 6.61 Å². The van der Waals surface area contributed by atoms with Crippen molar-refractivity contribution < 1.29 is 24.0 Å². The van der Waals surface area contributed by atoms with E-state index < -0.39 is 10.9 Å². The van der Waals surface area contributed by atoms with Gasteiger partial charge in [0.15, 0.2) is 0 Å². The molecule has 0 spiro atoms. The molecule has 0 aliphatic heterocycles. The maximum Gasteiger partial charge on any atom is 0.306 e. The van der Waals surface area contributed by atoms with E-state index in [0.29, 0.717) is 18.6 Å². The Morgan fingerprint density at radius 2 is 1.68 bits per heavy atom. The van der Waals surface area contributed by atoms with Gasteiger partial charge in [-0.1, -0.05) is 6.92 Å². The number of hydrogen-bond donors (Lipinski definition) is 0. The van der Waals surface area contributed by atoms with Gasteiger partial charge in [-0.25, -0.2) is 0 Å². The number of benzene rings is 1. The van der Waals surface area contributed by atoms with Crippen LogP contribution in [0.2, 0.25) is 0 Å². The number of nitro benzene ring substituents is 1. The van der Waals surface area contributed by atoms with Crippen molar-refractivity contribution in [3.8, 4) is 0 Å². The summed E-state index contributed by atoms with van der Waals surface area (Å²) in [5.74, 6) is -0.730. The molecule has 0 aromatic heterocycles. The van der Waals surface area contributed by atoms with Gasteiger partial charge in [0, 0.05) is 25.0 Å². The monoisotopic (exact) mass is 309 g/mol. The molecule has 1 rings (SSSR count). The lowest BCUT2D eigenvalue weighted by molar-refractivity contribution is -0.384. The first-order valence-corrected chi connectivity index (χ1v) is 7.07. The molecule has 0 atom stereocenters. The van der Waals surface area contributed by atoms with E-state index in [1.165, 1.54) is 24.3 Å². The van der Waals surface area contributed by atoms with Crippen LogP contribution >= 0.6 is 0 Å². The first-order valence-electron chi connectivity index (χ1n) is 7.07. The molecule has 7 nitrogen and oxygen atoms in total. The highest BCUT2D eigenvalue weighted by Crippen LogP contribution is 2.13. The minimum atomic E-state index is -0.493. The van der Waals surface area contributed by atoms with Crippen molar-refractivity contribution >= 4 is 17.6 Å². The van der Waals surface area contributed by atoms with Crippen molar-refractivity contribution in [1.29, 1.82) is 0 Å². The number of esters is 2. The van der Waals surface area contributed by atoms with Crippen LogP contribution in [0, 0.1) is 10.1 Å². The molecule has 0 aliphatic rings. The first-order chi connectivity index (χ1) is 10.5. The van der Waals surface area contributed by atoms with Crippen LogP contribution in [0.25, 0.3) is 0 Å². The second-order valence-electron chi connectivity index (χ2n) is 4.66. The van der Waals surface area contributed by atoms with Gasteiger partial charge in [0.25, 0.3) is 5.69 Å². The second-order valence-corrected chi connectivity index (χ2v) is 4.66. The molecule has 0 amide bonds. The van der Waals surface area contributed by atoms with Gasteiger partial charge in [0.1, 0.15) is 6.61 Å². The standard InChI is InChI=1S/C15H19NO6/c1-2-10-21-14(17)4-3-5-15(18)22-11-12-6-8-13(9-7-12)16(19)20/h6-9H,2-5,10-11H2,1H3. The molecule has 0 bridgehead atoms. The van der Waals surface area contributed by atoms with E-state index in [1.54, 1.807) is 0 Å². The number of nitrogens with zero attached hydrogens (tertiary/aromatic N) is 1. The summed E-state index contributed by atoms with van der Waals surface area (Å²) in [6, 6.07) is 5.78. The lowest BCUT2D eigenvalue weighted by Crippen LogP contribution is -2.08. The minimum absolute atomic E-state index is 0.0133. The Labute approximate surface area is 128 Å².